The van der Waals surface area contributed by atoms with Gasteiger partial charge in [-0.2, -0.15) is 0 Å². The van der Waals surface area contributed by atoms with Crippen LogP contribution in [-0.2, 0) is 67.3 Å². The fourth-order valence-electron chi connectivity index (χ4n) is 6.53. The number of ketones is 1. The predicted molar refractivity (Wildman–Crippen MR) is 224 cm³/mol. The zero-order valence-electron chi connectivity index (χ0n) is 34.5. The molecule has 20 heteroatoms. The molecule has 4 aromatic rings. The van der Waals surface area contributed by atoms with Gasteiger partial charge >= 0.3 is 24.1 Å². The van der Waals surface area contributed by atoms with Crippen LogP contribution in [0.1, 0.15) is 64.6 Å². The van der Waals surface area contributed by atoms with Crippen LogP contribution in [0.5, 0.6) is 0 Å². The van der Waals surface area contributed by atoms with Crippen LogP contribution in [0.3, 0.4) is 0 Å². The molecule has 0 radical (unpaired) electrons. The maximum absolute atomic E-state index is 14.1. The van der Waals surface area contributed by atoms with Crippen LogP contribution >= 0.6 is 23.2 Å². The van der Waals surface area contributed by atoms with Gasteiger partial charge in [0.1, 0.15) is 37.6 Å². The molecule has 1 unspecified atom stereocenters. The maximum Gasteiger partial charge on any atom is 0.511 e. The largest absolute Gasteiger partial charge is 0.511 e. The molecule has 2 N–H and O–H groups in total. The Hall–Kier alpha value is -5.53. The van der Waals surface area contributed by atoms with E-state index in [0.29, 0.717) is 27.8 Å². The number of fused-ring (bicyclic) bond motifs is 2. The summed E-state index contributed by atoms with van der Waals surface area (Å²) in [5.41, 5.74) is 2.51. The Morgan fingerprint density at radius 3 is 2.16 bits per heavy atom. The lowest BCUT2D eigenvalue weighted by atomic mass is 9.89. The molecule has 1 aliphatic heterocycles. The second-order valence-corrected chi connectivity index (χ2v) is 17.7. The Kier molecular flexibility index (Phi) is 16.3. The maximum atomic E-state index is 14.1. The van der Waals surface area contributed by atoms with Gasteiger partial charge in [-0.25, -0.2) is 22.8 Å². The summed E-state index contributed by atoms with van der Waals surface area (Å²) in [6.07, 6.45) is -3.80. The summed E-state index contributed by atoms with van der Waals surface area (Å²) >= 11 is 13.6. The molecule has 0 aliphatic carbocycles. The highest BCUT2D eigenvalue weighted by atomic mass is 35.5. The average molecular weight is 935 g/mol. The van der Waals surface area contributed by atoms with Gasteiger partial charge in [0.05, 0.1) is 38.6 Å². The molecule has 0 saturated carbocycles. The fourth-order valence-corrected chi connectivity index (χ4v) is 8.02. The van der Waals surface area contributed by atoms with E-state index in [9.17, 15) is 47.4 Å². The van der Waals surface area contributed by atoms with Gasteiger partial charge in [0.25, 0.3) is 5.91 Å². The molecular formula is C43H45Cl2NO16S. The van der Waals surface area contributed by atoms with Crippen LogP contribution in [0.2, 0.25) is 10.0 Å². The van der Waals surface area contributed by atoms with Gasteiger partial charge in [0.2, 0.25) is 6.29 Å². The Morgan fingerprint density at radius 1 is 0.841 bits per heavy atom. The number of sulfone groups is 1. The number of carbonyl (C=O) groups is 6. The van der Waals surface area contributed by atoms with Gasteiger partial charge in [-0.15, -0.1) is 0 Å². The van der Waals surface area contributed by atoms with E-state index in [1.165, 1.54) is 31.4 Å². The van der Waals surface area contributed by atoms with E-state index in [2.05, 4.69) is 0 Å². The Morgan fingerprint density at radius 2 is 1.51 bits per heavy atom. The van der Waals surface area contributed by atoms with Crippen LogP contribution < -0.4 is 0 Å². The molecule has 3 aromatic carbocycles. The lowest BCUT2D eigenvalue weighted by molar-refractivity contribution is -0.173. The minimum atomic E-state index is -3.66. The van der Waals surface area contributed by atoms with Gasteiger partial charge < -0.3 is 43.2 Å². The van der Waals surface area contributed by atoms with Crippen molar-refractivity contribution >= 4 is 79.8 Å². The van der Waals surface area contributed by atoms with Crippen LogP contribution in [-0.4, -0.2) is 110 Å². The SMILES string of the molecule is CC(OC(=O)OCC(COC(=O)[C@@H](C)O)COC(=O)[C@@H](C)O)OC(=O)[C@@H](CC(=O)c1c(Cl)cc2c(c1Cl)CCN(C(=O)c1ccc3ccoc3c1)C2)Cc1cccc(S(C)(=O)=O)c1. The quantitative estimate of drug-likeness (QED) is 0.0558. The highest BCUT2D eigenvalue weighted by Gasteiger charge is 2.32. The molecule has 5 rings (SSSR count). The number of carbonyl (C=O) groups excluding carboxylic acids is 6. The van der Waals surface area contributed by atoms with Crippen molar-refractivity contribution in [3.05, 3.63) is 98.7 Å². The lowest BCUT2D eigenvalue weighted by Crippen LogP contribution is -2.36. The van der Waals surface area contributed by atoms with Crippen molar-refractivity contribution in [3.63, 3.8) is 0 Å². The van der Waals surface area contributed by atoms with Gasteiger partial charge in [0, 0.05) is 43.6 Å². The number of aliphatic hydroxyl groups excluding tert-OH is 2. The average Bonchev–Trinajstić information content (AvgIpc) is 3.70. The summed E-state index contributed by atoms with van der Waals surface area (Å²) < 4.78 is 55.5. The number of hydrogen-bond acceptors (Lipinski definition) is 16. The minimum absolute atomic E-state index is 0.0275. The Balaban J connectivity index is 1.29. The number of aliphatic hydroxyl groups is 2. The van der Waals surface area contributed by atoms with Crippen LogP contribution in [0.4, 0.5) is 4.79 Å². The molecular weight excluding hydrogens is 889 g/mol. The number of furan rings is 1. The third kappa shape index (κ3) is 13.0. The number of rotatable bonds is 18. The molecule has 1 aromatic heterocycles. The highest BCUT2D eigenvalue weighted by Crippen LogP contribution is 2.37. The molecule has 17 nitrogen and oxygen atoms in total. The van der Waals surface area contributed by atoms with E-state index in [4.69, 9.17) is 51.3 Å². The third-order valence-electron chi connectivity index (χ3n) is 9.83. The molecule has 4 atom stereocenters. The van der Waals surface area contributed by atoms with Crippen molar-refractivity contribution in [2.45, 2.75) is 70.0 Å². The van der Waals surface area contributed by atoms with Crippen LogP contribution in [0.25, 0.3) is 11.0 Å². The van der Waals surface area contributed by atoms with Crippen molar-refractivity contribution in [2.75, 3.05) is 32.6 Å². The number of esters is 3. The summed E-state index contributed by atoms with van der Waals surface area (Å²) in [6.45, 7) is 2.46. The van der Waals surface area contributed by atoms with E-state index in [0.717, 1.165) is 25.5 Å². The summed E-state index contributed by atoms with van der Waals surface area (Å²) in [4.78, 5) is 79.1. The summed E-state index contributed by atoms with van der Waals surface area (Å²) in [6, 6.07) is 14.3. The summed E-state index contributed by atoms with van der Waals surface area (Å²) in [5, 5.41) is 19.7. The summed E-state index contributed by atoms with van der Waals surface area (Å²) in [7, 11) is -3.66. The van der Waals surface area contributed by atoms with Crippen molar-refractivity contribution in [1.82, 2.24) is 4.90 Å². The first-order valence-electron chi connectivity index (χ1n) is 19.5. The standard InChI is InChI=1S/C43H45Cl2NO16S/c1-23(47)40(51)58-20-27(21-59-41(52)24(2)48)22-60-43(54)62-25(3)61-42(53)30(14-26-6-5-7-32(15-26)63(4,55)56)17-35(49)37-34(44)16-31-19-46(12-10-33(31)38(37)45)39(50)29-9-8-28-11-13-57-36(28)18-29/h5-9,11,13,15-16,18,23-25,27,30,47-48H,10,12,14,17,19-22H2,1-4H3/t23-,24-,25?,30-/m1/s1. The molecule has 1 amide bonds. The molecule has 0 fully saturated rings. The zero-order valence-corrected chi connectivity index (χ0v) is 36.9. The first-order valence-corrected chi connectivity index (χ1v) is 22.2. The molecule has 63 heavy (non-hydrogen) atoms. The fraction of sp³-hybridized carbons (Fsp3) is 0.395. The van der Waals surface area contributed by atoms with E-state index < -0.39 is 96.3 Å². The number of benzene rings is 3. The highest BCUT2D eigenvalue weighted by molar-refractivity contribution is 7.90. The molecule has 338 valence electrons. The molecule has 0 spiro atoms. The van der Waals surface area contributed by atoms with Crippen LogP contribution in [0, 0.1) is 11.8 Å². The zero-order chi connectivity index (χ0) is 46.2. The first-order chi connectivity index (χ1) is 29.7. The van der Waals surface area contributed by atoms with Crippen LogP contribution in [0.15, 0.2) is 70.2 Å². The van der Waals surface area contributed by atoms with E-state index >= 15 is 0 Å². The summed E-state index contributed by atoms with van der Waals surface area (Å²) in [5.74, 6) is -6.18. The Labute approximate surface area is 372 Å². The second-order valence-electron chi connectivity index (χ2n) is 14.9. The van der Waals surface area contributed by atoms with Crippen molar-refractivity contribution in [1.29, 1.82) is 0 Å². The number of Topliss-reactive ketones (excluding diaryl/α,β-unsaturated/α-hetero) is 1. The number of nitrogens with zero attached hydrogens (tertiary/aromatic N) is 1. The first kappa shape index (κ1) is 48.5. The monoisotopic (exact) mass is 933 g/mol. The van der Waals surface area contributed by atoms with Crippen molar-refractivity contribution in [3.8, 4) is 0 Å². The molecule has 2 heterocycles. The number of ether oxygens (including phenoxy) is 5. The van der Waals surface area contributed by atoms with Gasteiger partial charge in [-0.3, -0.25) is 14.4 Å². The number of amides is 1. The van der Waals surface area contributed by atoms with E-state index in [-0.39, 0.29) is 52.3 Å². The number of hydrogen-bond donors (Lipinski definition) is 2. The topological polar surface area (TPSA) is 240 Å². The second kappa shape index (κ2) is 21.2. The van der Waals surface area contributed by atoms with Gasteiger partial charge in [-0.05, 0) is 79.8 Å². The molecule has 0 saturated heterocycles. The smallest absolute Gasteiger partial charge is 0.464 e. The molecule has 0 bridgehead atoms. The minimum Gasteiger partial charge on any atom is -0.464 e. The van der Waals surface area contributed by atoms with E-state index in [1.54, 1.807) is 41.3 Å². The Bertz CT molecular complexity index is 2460. The van der Waals surface area contributed by atoms with E-state index in [1.807, 2.05) is 0 Å². The molecule has 1 aliphatic rings. The predicted octanol–water partition coefficient (Wildman–Crippen LogP) is 5.28. The lowest BCUT2D eigenvalue weighted by Gasteiger charge is -2.30. The third-order valence-corrected chi connectivity index (χ3v) is 11.7. The van der Waals surface area contributed by atoms with Crippen molar-refractivity contribution < 1.29 is 75.5 Å². The van der Waals surface area contributed by atoms with Gasteiger partial charge in [-0.1, -0.05) is 41.4 Å². The van der Waals surface area contributed by atoms with Crippen molar-refractivity contribution in [2.24, 2.45) is 11.8 Å². The number of halogens is 2. The normalized spacial score (nSPS) is 14.5. The van der Waals surface area contributed by atoms with Gasteiger partial charge in [0.15, 0.2) is 15.6 Å².